The fourth-order valence-corrected chi connectivity index (χ4v) is 3.30. The van der Waals surface area contributed by atoms with Crippen LogP contribution >= 0.6 is 0 Å². The standard InChI is InChI=1S/C14H23NO3S/c1-5-14(16)12-7-6-8-13(9-12)19(17,18)15(4)10-11(2)3/h6-9,11,14,16H,5,10H2,1-4H3. The van der Waals surface area contributed by atoms with Gasteiger partial charge in [-0.2, -0.15) is 0 Å². The second-order valence-corrected chi connectivity index (χ2v) is 7.22. The minimum absolute atomic E-state index is 0.237. The molecule has 0 amide bonds. The predicted octanol–water partition coefficient (Wildman–Crippen LogP) is 2.41. The van der Waals surface area contributed by atoms with Gasteiger partial charge in [-0.3, -0.25) is 0 Å². The highest BCUT2D eigenvalue weighted by Gasteiger charge is 2.22. The molecule has 5 heteroatoms. The van der Waals surface area contributed by atoms with Crippen molar-refractivity contribution in [2.24, 2.45) is 5.92 Å². The molecule has 0 aromatic heterocycles. The van der Waals surface area contributed by atoms with Gasteiger partial charge in [0.1, 0.15) is 0 Å². The summed E-state index contributed by atoms with van der Waals surface area (Å²) in [5.41, 5.74) is 0.640. The predicted molar refractivity (Wildman–Crippen MR) is 76.3 cm³/mol. The van der Waals surface area contributed by atoms with Crippen molar-refractivity contribution < 1.29 is 13.5 Å². The number of aliphatic hydroxyl groups excluding tert-OH is 1. The van der Waals surface area contributed by atoms with Gasteiger partial charge in [-0.1, -0.05) is 32.9 Å². The number of nitrogens with zero attached hydrogens (tertiary/aromatic N) is 1. The first-order valence-corrected chi connectivity index (χ1v) is 7.97. The molecule has 0 aliphatic carbocycles. The third-order valence-corrected chi connectivity index (χ3v) is 4.78. The van der Waals surface area contributed by atoms with Crippen LogP contribution in [0.5, 0.6) is 0 Å². The van der Waals surface area contributed by atoms with Gasteiger partial charge in [-0.05, 0) is 30.0 Å². The summed E-state index contributed by atoms with van der Waals surface area (Å²) in [7, 11) is -1.89. The molecule has 0 saturated carbocycles. The van der Waals surface area contributed by atoms with Gasteiger partial charge in [0.25, 0.3) is 0 Å². The quantitative estimate of drug-likeness (QED) is 0.873. The summed E-state index contributed by atoms with van der Waals surface area (Å²) in [6.07, 6.45) is -0.0590. The molecule has 0 spiro atoms. The van der Waals surface area contributed by atoms with Crippen LogP contribution < -0.4 is 0 Å². The monoisotopic (exact) mass is 285 g/mol. The van der Waals surface area contributed by atoms with Crippen molar-refractivity contribution in [3.05, 3.63) is 29.8 Å². The van der Waals surface area contributed by atoms with E-state index in [0.29, 0.717) is 18.5 Å². The van der Waals surface area contributed by atoms with Crippen LogP contribution in [0, 0.1) is 5.92 Å². The number of rotatable bonds is 6. The average Bonchev–Trinajstić information content (AvgIpc) is 2.37. The summed E-state index contributed by atoms with van der Waals surface area (Å²) in [4.78, 5) is 0.237. The number of hydrogen-bond donors (Lipinski definition) is 1. The van der Waals surface area contributed by atoms with Crippen LogP contribution in [0.2, 0.25) is 0 Å². The smallest absolute Gasteiger partial charge is 0.242 e. The first-order valence-electron chi connectivity index (χ1n) is 6.53. The Morgan fingerprint density at radius 2 is 1.95 bits per heavy atom. The Balaban J connectivity index is 3.08. The normalized spacial score (nSPS) is 14.1. The molecule has 1 rings (SSSR count). The Morgan fingerprint density at radius 1 is 1.32 bits per heavy atom. The topological polar surface area (TPSA) is 57.6 Å². The molecule has 108 valence electrons. The molecule has 1 unspecified atom stereocenters. The molecule has 1 aromatic carbocycles. The summed E-state index contributed by atoms with van der Waals surface area (Å²) >= 11 is 0. The van der Waals surface area contributed by atoms with E-state index in [4.69, 9.17) is 0 Å². The van der Waals surface area contributed by atoms with Gasteiger partial charge in [0, 0.05) is 13.6 Å². The van der Waals surface area contributed by atoms with E-state index < -0.39 is 16.1 Å². The van der Waals surface area contributed by atoms with E-state index in [1.54, 1.807) is 31.3 Å². The van der Waals surface area contributed by atoms with Gasteiger partial charge in [-0.15, -0.1) is 0 Å². The van der Waals surface area contributed by atoms with E-state index in [1.165, 1.54) is 4.31 Å². The molecular weight excluding hydrogens is 262 g/mol. The molecule has 1 aromatic rings. The van der Waals surface area contributed by atoms with Gasteiger partial charge < -0.3 is 5.11 Å². The lowest BCUT2D eigenvalue weighted by Gasteiger charge is -2.20. The van der Waals surface area contributed by atoms with Crippen LogP contribution in [-0.2, 0) is 10.0 Å². The fourth-order valence-electron chi connectivity index (χ4n) is 1.91. The van der Waals surface area contributed by atoms with Gasteiger partial charge in [0.05, 0.1) is 11.0 Å². The summed E-state index contributed by atoms with van der Waals surface area (Å²) in [6.45, 7) is 6.28. The molecule has 0 saturated heterocycles. The molecular formula is C14H23NO3S. The van der Waals surface area contributed by atoms with Crippen molar-refractivity contribution in [1.82, 2.24) is 4.31 Å². The van der Waals surface area contributed by atoms with Gasteiger partial charge in [0.15, 0.2) is 0 Å². The Hall–Kier alpha value is -0.910. The van der Waals surface area contributed by atoms with Crippen molar-refractivity contribution in [3.63, 3.8) is 0 Å². The van der Waals surface area contributed by atoms with Gasteiger partial charge in [-0.25, -0.2) is 12.7 Å². The van der Waals surface area contributed by atoms with E-state index in [9.17, 15) is 13.5 Å². The Morgan fingerprint density at radius 3 is 2.47 bits per heavy atom. The molecule has 0 heterocycles. The van der Waals surface area contributed by atoms with Crippen LogP contribution in [0.3, 0.4) is 0 Å². The number of aliphatic hydroxyl groups is 1. The maximum absolute atomic E-state index is 12.4. The zero-order chi connectivity index (χ0) is 14.6. The van der Waals surface area contributed by atoms with Crippen LogP contribution in [0.4, 0.5) is 0 Å². The third kappa shape index (κ3) is 4.03. The fraction of sp³-hybridized carbons (Fsp3) is 0.571. The second-order valence-electron chi connectivity index (χ2n) is 5.18. The largest absolute Gasteiger partial charge is 0.388 e. The SMILES string of the molecule is CCC(O)c1cccc(S(=O)(=O)N(C)CC(C)C)c1. The Kier molecular flexibility index (Phi) is 5.52. The first-order chi connectivity index (χ1) is 8.78. The highest BCUT2D eigenvalue weighted by atomic mass is 32.2. The molecule has 0 aliphatic heterocycles. The zero-order valence-electron chi connectivity index (χ0n) is 12.0. The number of hydrogen-bond acceptors (Lipinski definition) is 3. The van der Waals surface area contributed by atoms with E-state index in [2.05, 4.69) is 0 Å². The van der Waals surface area contributed by atoms with Crippen LogP contribution in [-0.4, -0.2) is 31.4 Å². The molecule has 19 heavy (non-hydrogen) atoms. The molecule has 0 aliphatic rings. The van der Waals surface area contributed by atoms with E-state index in [0.717, 1.165) is 0 Å². The lowest BCUT2D eigenvalue weighted by molar-refractivity contribution is 0.173. The van der Waals surface area contributed by atoms with Crippen molar-refractivity contribution in [2.75, 3.05) is 13.6 Å². The Bertz CT molecular complexity index is 511. The molecule has 1 atom stereocenters. The average molecular weight is 285 g/mol. The van der Waals surface area contributed by atoms with Gasteiger partial charge in [0.2, 0.25) is 10.0 Å². The second kappa shape index (κ2) is 6.50. The van der Waals surface area contributed by atoms with E-state index >= 15 is 0 Å². The summed E-state index contributed by atoms with van der Waals surface area (Å²) < 4.78 is 26.1. The maximum atomic E-state index is 12.4. The minimum atomic E-state index is -3.48. The Labute approximate surface area is 116 Å². The molecule has 4 nitrogen and oxygen atoms in total. The van der Waals surface area contributed by atoms with Crippen LogP contribution in [0.15, 0.2) is 29.2 Å². The number of sulfonamides is 1. The lowest BCUT2D eigenvalue weighted by Crippen LogP contribution is -2.30. The van der Waals surface area contributed by atoms with E-state index in [1.807, 2.05) is 20.8 Å². The molecule has 0 fully saturated rings. The van der Waals surface area contributed by atoms with Crippen molar-refractivity contribution in [3.8, 4) is 0 Å². The lowest BCUT2D eigenvalue weighted by atomic mass is 10.1. The van der Waals surface area contributed by atoms with Crippen LogP contribution in [0.1, 0.15) is 38.9 Å². The maximum Gasteiger partial charge on any atom is 0.242 e. The minimum Gasteiger partial charge on any atom is -0.388 e. The molecule has 0 radical (unpaired) electrons. The van der Waals surface area contributed by atoms with Crippen molar-refractivity contribution in [1.29, 1.82) is 0 Å². The third-order valence-electron chi connectivity index (χ3n) is 2.96. The highest BCUT2D eigenvalue weighted by molar-refractivity contribution is 7.89. The molecule has 0 bridgehead atoms. The first kappa shape index (κ1) is 16.1. The van der Waals surface area contributed by atoms with Gasteiger partial charge >= 0.3 is 0 Å². The van der Waals surface area contributed by atoms with E-state index in [-0.39, 0.29) is 10.8 Å². The van der Waals surface area contributed by atoms with Crippen molar-refractivity contribution in [2.45, 2.75) is 38.2 Å². The molecule has 1 N–H and O–H groups in total. The zero-order valence-corrected chi connectivity index (χ0v) is 12.8. The summed E-state index contributed by atoms with van der Waals surface area (Å²) in [5, 5.41) is 9.80. The van der Waals surface area contributed by atoms with Crippen LogP contribution in [0.25, 0.3) is 0 Å². The summed E-state index contributed by atoms with van der Waals surface area (Å²) in [6, 6.07) is 6.54. The summed E-state index contributed by atoms with van der Waals surface area (Å²) in [5.74, 6) is 0.268. The van der Waals surface area contributed by atoms with Crippen molar-refractivity contribution >= 4 is 10.0 Å². The highest BCUT2D eigenvalue weighted by Crippen LogP contribution is 2.22. The number of benzene rings is 1.